The second-order valence-corrected chi connectivity index (χ2v) is 4.19. The van der Waals surface area contributed by atoms with E-state index in [4.69, 9.17) is 5.11 Å². The molecule has 1 atom stereocenters. The van der Waals surface area contributed by atoms with Gasteiger partial charge in [0.25, 0.3) is 5.91 Å². The van der Waals surface area contributed by atoms with Crippen molar-refractivity contribution in [3.05, 3.63) is 29.8 Å². The van der Waals surface area contributed by atoms with Crippen molar-refractivity contribution < 1.29 is 19.8 Å². The number of amides is 1. The Morgan fingerprint density at radius 1 is 1.39 bits per heavy atom. The average Bonchev–Trinajstić information content (AvgIpc) is 2.33. The van der Waals surface area contributed by atoms with Crippen molar-refractivity contribution in [2.75, 3.05) is 6.54 Å². The minimum absolute atomic E-state index is 0.0437. The molecule has 1 rings (SSSR count). The summed E-state index contributed by atoms with van der Waals surface area (Å²) in [6.07, 6.45) is 1.13. The fraction of sp³-hybridized carbons (Fsp3) is 0.385. The van der Waals surface area contributed by atoms with Gasteiger partial charge in [-0.2, -0.15) is 0 Å². The Morgan fingerprint density at radius 2 is 2.11 bits per heavy atom. The number of carboxylic acids is 1. The van der Waals surface area contributed by atoms with Crippen molar-refractivity contribution in [3.8, 4) is 5.75 Å². The van der Waals surface area contributed by atoms with Crippen LogP contribution in [-0.2, 0) is 4.79 Å². The van der Waals surface area contributed by atoms with Crippen LogP contribution in [0.1, 0.15) is 30.1 Å². The molecule has 0 aliphatic rings. The van der Waals surface area contributed by atoms with Crippen LogP contribution >= 0.6 is 0 Å². The molecule has 0 radical (unpaired) electrons. The van der Waals surface area contributed by atoms with Gasteiger partial charge in [-0.1, -0.05) is 13.0 Å². The van der Waals surface area contributed by atoms with E-state index in [1.54, 1.807) is 19.1 Å². The number of phenolic OH excluding ortho intramolecular Hbond substituents is 1. The molecule has 0 heterocycles. The molecule has 18 heavy (non-hydrogen) atoms. The fourth-order valence-corrected chi connectivity index (χ4v) is 1.48. The van der Waals surface area contributed by atoms with Crippen LogP contribution in [0.5, 0.6) is 5.75 Å². The first kappa shape index (κ1) is 14.0. The van der Waals surface area contributed by atoms with Crippen molar-refractivity contribution in [2.24, 2.45) is 5.92 Å². The molecule has 0 aliphatic heterocycles. The van der Waals surface area contributed by atoms with Crippen LogP contribution in [0.15, 0.2) is 24.3 Å². The number of carboxylic acid groups (broad SMARTS) is 1. The lowest BCUT2D eigenvalue weighted by atomic mass is 10.1. The van der Waals surface area contributed by atoms with E-state index >= 15 is 0 Å². The summed E-state index contributed by atoms with van der Waals surface area (Å²) in [6.45, 7) is 2.06. The molecule has 0 saturated carbocycles. The van der Waals surface area contributed by atoms with Gasteiger partial charge in [-0.25, -0.2) is 0 Å². The molecule has 5 nitrogen and oxygen atoms in total. The Balaban J connectivity index is 2.32. The van der Waals surface area contributed by atoms with Gasteiger partial charge >= 0.3 is 5.97 Å². The SMILES string of the molecule is CC(CCCNC(=O)c1cccc(O)c1)C(=O)O. The third-order valence-corrected chi connectivity index (χ3v) is 2.63. The Labute approximate surface area is 105 Å². The van der Waals surface area contributed by atoms with Crippen LogP contribution in [-0.4, -0.2) is 28.6 Å². The minimum Gasteiger partial charge on any atom is -0.508 e. The third kappa shape index (κ3) is 4.45. The van der Waals surface area contributed by atoms with E-state index in [0.717, 1.165) is 0 Å². The molecule has 0 saturated heterocycles. The van der Waals surface area contributed by atoms with Crippen LogP contribution in [0.2, 0.25) is 0 Å². The van der Waals surface area contributed by atoms with Crippen molar-refractivity contribution in [1.82, 2.24) is 5.32 Å². The summed E-state index contributed by atoms with van der Waals surface area (Å²) in [4.78, 5) is 22.2. The summed E-state index contributed by atoms with van der Waals surface area (Å²) >= 11 is 0. The maximum absolute atomic E-state index is 11.6. The molecule has 1 unspecified atom stereocenters. The lowest BCUT2D eigenvalue weighted by Crippen LogP contribution is -2.25. The van der Waals surface area contributed by atoms with Gasteiger partial charge in [0.2, 0.25) is 0 Å². The number of phenols is 1. The van der Waals surface area contributed by atoms with Gasteiger partial charge in [0, 0.05) is 12.1 Å². The van der Waals surface area contributed by atoms with E-state index in [-0.39, 0.29) is 11.7 Å². The molecule has 0 spiro atoms. The van der Waals surface area contributed by atoms with Gasteiger partial charge < -0.3 is 15.5 Å². The Bertz CT molecular complexity index is 431. The fourth-order valence-electron chi connectivity index (χ4n) is 1.48. The summed E-state index contributed by atoms with van der Waals surface area (Å²) in [5, 5.41) is 20.6. The highest BCUT2D eigenvalue weighted by atomic mass is 16.4. The summed E-state index contributed by atoms with van der Waals surface area (Å²) in [7, 11) is 0. The van der Waals surface area contributed by atoms with Crippen LogP contribution in [0.4, 0.5) is 0 Å². The number of aromatic hydroxyl groups is 1. The molecule has 0 bridgehead atoms. The second-order valence-electron chi connectivity index (χ2n) is 4.19. The zero-order valence-electron chi connectivity index (χ0n) is 10.2. The zero-order valence-corrected chi connectivity index (χ0v) is 10.2. The lowest BCUT2D eigenvalue weighted by molar-refractivity contribution is -0.141. The largest absolute Gasteiger partial charge is 0.508 e. The van der Waals surface area contributed by atoms with E-state index in [1.165, 1.54) is 12.1 Å². The molecule has 0 fully saturated rings. The van der Waals surface area contributed by atoms with Crippen molar-refractivity contribution >= 4 is 11.9 Å². The molecular formula is C13H17NO4. The van der Waals surface area contributed by atoms with E-state index in [2.05, 4.69) is 5.32 Å². The topological polar surface area (TPSA) is 86.6 Å². The lowest BCUT2D eigenvalue weighted by Gasteiger charge is -2.07. The number of hydrogen-bond acceptors (Lipinski definition) is 3. The Hall–Kier alpha value is -2.04. The predicted molar refractivity (Wildman–Crippen MR) is 66.5 cm³/mol. The smallest absolute Gasteiger partial charge is 0.306 e. The first-order valence-corrected chi connectivity index (χ1v) is 5.80. The van der Waals surface area contributed by atoms with Gasteiger partial charge in [-0.15, -0.1) is 0 Å². The average molecular weight is 251 g/mol. The van der Waals surface area contributed by atoms with Gasteiger partial charge in [-0.05, 0) is 31.0 Å². The molecule has 3 N–H and O–H groups in total. The van der Waals surface area contributed by atoms with Crippen molar-refractivity contribution in [2.45, 2.75) is 19.8 Å². The first-order chi connectivity index (χ1) is 8.50. The zero-order chi connectivity index (χ0) is 13.5. The maximum Gasteiger partial charge on any atom is 0.306 e. The monoisotopic (exact) mass is 251 g/mol. The second kappa shape index (κ2) is 6.64. The molecule has 1 amide bonds. The van der Waals surface area contributed by atoms with Crippen LogP contribution in [0.3, 0.4) is 0 Å². The van der Waals surface area contributed by atoms with E-state index < -0.39 is 11.9 Å². The maximum atomic E-state index is 11.6. The highest BCUT2D eigenvalue weighted by Gasteiger charge is 2.10. The van der Waals surface area contributed by atoms with Crippen LogP contribution in [0.25, 0.3) is 0 Å². The third-order valence-electron chi connectivity index (χ3n) is 2.63. The molecule has 1 aromatic rings. The number of nitrogens with one attached hydrogen (secondary N) is 1. The summed E-state index contributed by atoms with van der Waals surface area (Å²) in [5.41, 5.74) is 0.390. The van der Waals surface area contributed by atoms with Gasteiger partial charge in [0.15, 0.2) is 0 Å². The van der Waals surface area contributed by atoms with Gasteiger partial charge in [0.1, 0.15) is 5.75 Å². The Morgan fingerprint density at radius 3 is 2.72 bits per heavy atom. The first-order valence-electron chi connectivity index (χ1n) is 5.80. The van der Waals surface area contributed by atoms with Crippen molar-refractivity contribution in [1.29, 1.82) is 0 Å². The van der Waals surface area contributed by atoms with Crippen molar-refractivity contribution in [3.63, 3.8) is 0 Å². The molecular weight excluding hydrogens is 234 g/mol. The highest BCUT2D eigenvalue weighted by molar-refractivity contribution is 5.94. The summed E-state index contributed by atoms with van der Waals surface area (Å²) in [6, 6.07) is 6.08. The van der Waals surface area contributed by atoms with E-state index in [9.17, 15) is 14.7 Å². The molecule has 1 aromatic carbocycles. The number of carbonyl (C=O) groups excluding carboxylic acids is 1. The number of benzene rings is 1. The molecule has 98 valence electrons. The van der Waals surface area contributed by atoms with Crippen LogP contribution < -0.4 is 5.32 Å². The number of carbonyl (C=O) groups is 2. The molecule has 0 aromatic heterocycles. The number of aliphatic carboxylic acids is 1. The van der Waals surface area contributed by atoms with E-state index in [1.807, 2.05) is 0 Å². The summed E-state index contributed by atoms with van der Waals surface area (Å²) in [5.74, 6) is -1.45. The number of hydrogen-bond donors (Lipinski definition) is 3. The quantitative estimate of drug-likeness (QED) is 0.670. The van der Waals surface area contributed by atoms with E-state index in [0.29, 0.717) is 24.9 Å². The normalized spacial score (nSPS) is 11.8. The number of rotatable bonds is 6. The van der Waals surface area contributed by atoms with Gasteiger partial charge in [0.05, 0.1) is 5.92 Å². The molecule has 5 heteroatoms. The van der Waals surface area contributed by atoms with Crippen LogP contribution in [0, 0.1) is 5.92 Å². The molecule has 0 aliphatic carbocycles. The Kier molecular flexibility index (Phi) is 5.17. The standard InChI is InChI=1S/C13H17NO4/c1-9(13(17)18)4-3-7-14-12(16)10-5-2-6-11(15)8-10/h2,5-6,8-9,15H,3-4,7H2,1H3,(H,14,16)(H,17,18). The predicted octanol–water partition coefficient (Wildman–Crippen LogP) is 1.62. The minimum atomic E-state index is -0.825. The highest BCUT2D eigenvalue weighted by Crippen LogP contribution is 2.10. The van der Waals surface area contributed by atoms with Gasteiger partial charge in [-0.3, -0.25) is 9.59 Å². The summed E-state index contributed by atoms with van der Waals surface area (Å²) < 4.78 is 0.